The Bertz CT molecular complexity index is 1200. The molecule has 1 aliphatic rings. The molecule has 1 saturated heterocycles. The lowest BCUT2D eigenvalue weighted by molar-refractivity contribution is 0.0730. The molecular formula is C22H23N3O4S2. The van der Waals surface area contributed by atoms with Crippen LogP contribution in [0.2, 0.25) is 0 Å². The van der Waals surface area contributed by atoms with Gasteiger partial charge in [-0.1, -0.05) is 18.2 Å². The highest BCUT2D eigenvalue weighted by molar-refractivity contribution is 7.89. The van der Waals surface area contributed by atoms with Gasteiger partial charge < -0.3 is 10.1 Å². The Balaban J connectivity index is 1.53. The van der Waals surface area contributed by atoms with E-state index >= 15 is 0 Å². The van der Waals surface area contributed by atoms with Crippen LogP contribution < -0.4 is 5.32 Å². The SMILES string of the molecule is Cc1nc(-c2ccc(C(=O)Nc3ccc(C)c(S(=O)(=O)N4CCOCC4)c3)cc2)cs1. The van der Waals surface area contributed by atoms with Gasteiger partial charge in [-0.3, -0.25) is 4.79 Å². The second kappa shape index (κ2) is 8.88. The van der Waals surface area contributed by atoms with Crippen molar-refractivity contribution in [3.63, 3.8) is 0 Å². The van der Waals surface area contributed by atoms with Gasteiger partial charge in [-0.2, -0.15) is 4.31 Å². The zero-order valence-corrected chi connectivity index (χ0v) is 18.9. The van der Waals surface area contributed by atoms with E-state index in [4.69, 9.17) is 4.74 Å². The normalized spacial score (nSPS) is 15.0. The molecule has 7 nitrogen and oxygen atoms in total. The Hall–Kier alpha value is -2.59. The molecule has 31 heavy (non-hydrogen) atoms. The van der Waals surface area contributed by atoms with Crippen LogP contribution in [0.4, 0.5) is 5.69 Å². The molecule has 2 aromatic carbocycles. The van der Waals surface area contributed by atoms with Gasteiger partial charge in [-0.05, 0) is 43.7 Å². The third kappa shape index (κ3) is 4.69. The number of carbonyl (C=O) groups excluding carboxylic acids is 1. The first-order chi connectivity index (χ1) is 14.8. The number of rotatable bonds is 5. The van der Waals surface area contributed by atoms with Crippen LogP contribution in [-0.2, 0) is 14.8 Å². The van der Waals surface area contributed by atoms with E-state index in [9.17, 15) is 13.2 Å². The monoisotopic (exact) mass is 457 g/mol. The number of hydrogen-bond acceptors (Lipinski definition) is 6. The summed E-state index contributed by atoms with van der Waals surface area (Å²) in [6.45, 7) is 5.10. The van der Waals surface area contributed by atoms with Crippen LogP contribution in [0.1, 0.15) is 20.9 Å². The molecule has 162 valence electrons. The maximum atomic E-state index is 13.0. The van der Waals surface area contributed by atoms with Gasteiger partial charge in [0.25, 0.3) is 5.91 Å². The summed E-state index contributed by atoms with van der Waals surface area (Å²) in [6.07, 6.45) is 0. The molecule has 1 aromatic heterocycles. The summed E-state index contributed by atoms with van der Waals surface area (Å²) < 4.78 is 32.8. The second-order valence-corrected chi connectivity index (χ2v) is 10.2. The minimum atomic E-state index is -3.65. The molecule has 1 N–H and O–H groups in total. The highest BCUT2D eigenvalue weighted by Crippen LogP contribution is 2.25. The summed E-state index contributed by atoms with van der Waals surface area (Å²) in [5.74, 6) is -0.306. The highest BCUT2D eigenvalue weighted by atomic mass is 32.2. The molecule has 0 radical (unpaired) electrons. The number of benzene rings is 2. The number of amides is 1. The fourth-order valence-corrected chi connectivity index (χ4v) is 5.65. The number of aryl methyl sites for hydroxylation is 2. The fraction of sp³-hybridized carbons (Fsp3) is 0.273. The molecule has 0 aliphatic carbocycles. The molecule has 3 aromatic rings. The van der Waals surface area contributed by atoms with Gasteiger partial charge in [0.05, 0.1) is 28.8 Å². The van der Waals surface area contributed by atoms with Gasteiger partial charge in [-0.15, -0.1) is 11.3 Å². The minimum Gasteiger partial charge on any atom is -0.379 e. The van der Waals surface area contributed by atoms with Gasteiger partial charge in [0.1, 0.15) is 0 Å². The zero-order chi connectivity index (χ0) is 22.0. The van der Waals surface area contributed by atoms with Crippen LogP contribution in [-0.4, -0.2) is 49.9 Å². The maximum absolute atomic E-state index is 13.0. The van der Waals surface area contributed by atoms with Gasteiger partial charge in [0.15, 0.2) is 0 Å². The van der Waals surface area contributed by atoms with Crippen molar-refractivity contribution >= 4 is 33.0 Å². The molecule has 1 fully saturated rings. The van der Waals surface area contributed by atoms with Crippen molar-refractivity contribution < 1.29 is 17.9 Å². The number of morpholine rings is 1. The molecule has 2 heterocycles. The van der Waals surface area contributed by atoms with Gasteiger partial charge in [0, 0.05) is 35.3 Å². The number of anilines is 1. The fourth-order valence-electron chi connectivity index (χ4n) is 3.37. The molecule has 1 amide bonds. The highest BCUT2D eigenvalue weighted by Gasteiger charge is 2.28. The summed E-state index contributed by atoms with van der Waals surface area (Å²) in [4.78, 5) is 17.4. The number of thiazole rings is 1. The van der Waals surface area contributed by atoms with E-state index in [-0.39, 0.29) is 10.8 Å². The number of nitrogens with zero attached hydrogens (tertiary/aromatic N) is 2. The van der Waals surface area contributed by atoms with Crippen molar-refractivity contribution in [1.29, 1.82) is 0 Å². The van der Waals surface area contributed by atoms with Crippen molar-refractivity contribution in [3.8, 4) is 11.3 Å². The van der Waals surface area contributed by atoms with Crippen LogP contribution in [0.25, 0.3) is 11.3 Å². The van der Waals surface area contributed by atoms with Crippen LogP contribution >= 0.6 is 11.3 Å². The Labute approximate surface area is 185 Å². The van der Waals surface area contributed by atoms with E-state index < -0.39 is 10.0 Å². The Kier molecular flexibility index (Phi) is 6.19. The Morgan fingerprint density at radius 3 is 2.45 bits per heavy atom. The first kappa shape index (κ1) is 21.6. The van der Waals surface area contributed by atoms with E-state index in [1.165, 1.54) is 10.4 Å². The van der Waals surface area contributed by atoms with Crippen molar-refractivity contribution in [2.24, 2.45) is 0 Å². The number of hydrogen-bond donors (Lipinski definition) is 1. The predicted molar refractivity (Wildman–Crippen MR) is 121 cm³/mol. The molecule has 0 spiro atoms. The van der Waals surface area contributed by atoms with E-state index in [0.717, 1.165) is 16.3 Å². The van der Waals surface area contributed by atoms with Gasteiger partial charge in [-0.25, -0.2) is 13.4 Å². The maximum Gasteiger partial charge on any atom is 0.255 e. The third-order valence-corrected chi connectivity index (χ3v) is 7.91. The number of carbonyl (C=O) groups is 1. The number of sulfonamides is 1. The Morgan fingerprint density at radius 2 is 1.81 bits per heavy atom. The van der Waals surface area contributed by atoms with Crippen LogP contribution in [0.5, 0.6) is 0 Å². The Morgan fingerprint density at radius 1 is 1.10 bits per heavy atom. The minimum absolute atomic E-state index is 0.196. The van der Waals surface area contributed by atoms with E-state index in [2.05, 4.69) is 10.3 Å². The van der Waals surface area contributed by atoms with Crippen molar-refractivity contribution in [1.82, 2.24) is 9.29 Å². The lowest BCUT2D eigenvalue weighted by atomic mass is 10.1. The molecular weight excluding hydrogens is 434 g/mol. The molecule has 0 unspecified atom stereocenters. The van der Waals surface area contributed by atoms with Crippen LogP contribution in [0.3, 0.4) is 0 Å². The molecule has 1 aliphatic heterocycles. The first-order valence-electron chi connectivity index (χ1n) is 9.87. The van der Waals surface area contributed by atoms with E-state index in [0.29, 0.717) is 43.1 Å². The second-order valence-electron chi connectivity index (χ2n) is 7.28. The predicted octanol–water partition coefficient (Wildman–Crippen LogP) is 3.70. The summed E-state index contributed by atoms with van der Waals surface area (Å²) in [5.41, 5.74) is 3.36. The van der Waals surface area contributed by atoms with Crippen molar-refractivity contribution in [2.45, 2.75) is 18.7 Å². The number of ether oxygens (including phenoxy) is 1. The lowest BCUT2D eigenvalue weighted by Crippen LogP contribution is -2.40. The van der Waals surface area contributed by atoms with Crippen LogP contribution in [0, 0.1) is 13.8 Å². The first-order valence-corrected chi connectivity index (χ1v) is 12.2. The quantitative estimate of drug-likeness (QED) is 0.631. The van der Waals surface area contributed by atoms with Crippen molar-refractivity contribution in [3.05, 3.63) is 64.0 Å². The molecule has 0 bridgehead atoms. The smallest absolute Gasteiger partial charge is 0.255 e. The number of nitrogens with one attached hydrogen (secondary N) is 1. The largest absolute Gasteiger partial charge is 0.379 e. The van der Waals surface area contributed by atoms with Gasteiger partial charge in [0.2, 0.25) is 10.0 Å². The summed E-state index contributed by atoms with van der Waals surface area (Å²) >= 11 is 1.58. The third-order valence-electron chi connectivity index (χ3n) is 5.10. The summed E-state index contributed by atoms with van der Waals surface area (Å²) in [6, 6.07) is 12.1. The molecule has 0 atom stereocenters. The topological polar surface area (TPSA) is 88.6 Å². The van der Waals surface area contributed by atoms with E-state index in [1.54, 1.807) is 42.5 Å². The molecule has 9 heteroatoms. The average molecular weight is 458 g/mol. The van der Waals surface area contributed by atoms with E-state index in [1.807, 2.05) is 24.4 Å². The standard InChI is InChI=1S/C22H23N3O4S2/c1-15-3-8-19(13-21(15)31(27,28)25-9-11-29-12-10-25)24-22(26)18-6-4-17(5-7-18)20-14-30-16(2)23-20/h3-8,13-14H,9-12H2,1-2H3,(H,24,26). The summed E-state index contributed by atoms with van der Waals surface area (Å²) in [7, 11) is -3.65. The summed E-state index contributed by atoms with van der Waals surface area (Å²) in [5, 5.41) is 5.77. The number of aromatic nitrogens is 1. The molecule has 4 rings (SSSR count). The lowest BCUT2D eigenvalue weighted by Gasteiger charge is -2.26. The van der Waals surface area contributed by atoms with Crippen molar-refractivity contribution in [2.75, 3.05) is 31.6 Å². The average Bonchev–Trinajstić information content (AvgIpc) is 3.22. The molecule has 0 saturated carbocycles. The van der Waals surface area contributed by atoms with Crippen LogP contribution in [0.15, 0.2) is 52.7 Å². The zero-order valence-electron chi connectivity index (χ0n) is 17.3. The van der Waals surface area contributed by atoms with Gasteiger partial charge >= 0.3 is 0 Å².